The molecular formula is C27H23BrN4O. The number of amides is 1. The van der Waals surface area contributed by atoms with Crippen LogP contribution in [-0.4, -0.2) is 15.9 Å². The van der Waals surface area contributed by atoms with Crippen LogP contribution in [0.3, 0.4) is 0 Å². The van der Waals surface area contributed by atoms with Crippen LogP contribution in [0.1, 0.15) is 27.0 Å². The van der Waals surface area contributed by atoms with Crippen molar-refractivity contribution in [3.63, 3.8) is 0 Å². The Morgan fingerprint density at radius 1 is 1.00 bits per heavy atom. The standard InChI is InChI=1S/C27H23BrN4O/c1-16-2-8-20-22(27(33)31-14-18-5-3-17(13-29)4-6-18)12-26(32-25(20)10-16)23-15-30-24-9-7-19(28)11-21(23)24/h2-12,15,30H,13-14,29H2,1H3,(H,31,33). The van der Waals surface area contributed by atoms with Gasteiger partial charge in [-0.05, 0) is 53.9 Å². The second-order valence-electron chi connectivity index (χ2n) is 8.17. The van der Waals surface area contributed by atoms with E-state index in [0.29, 0.717) is 18.7 Å². The molecule has 0 radical (unpaired) electrons. The Labute approximate surface area is 200 Å². The van der Waals surface area contributed by atoms with Gasteiger partial charge in [-0.2, -0.15) is 0 Å². The number of carbonyl (C=O) groups excluding carboxylic acids is 1. The van der Waals surface area contributed by atoms with Gasteiger partial charge in [0.05, 0.1) is 16.8 Å². The van der Waals surface area contributed by atoms with Crippen molar-refractivity contribution in [2.24, 2.45) is 5.73 Å². The van der Waals surface area contributed by atoms with Crippen molar-refractivity contribution in [3.05, 3.63) is 99.7 Å². The zero-order valence-corrected chi connectivity index (χ0v) is 19.7. The van der Waals surface area contributed by atoms with E-state index in [9.17, 15) is 4.79 Å². The number of fused-ring (bicyclic) bond motifs is 2. The first-order valence-electron chi connectivity index (χ1n) is 10.8. The third-order valence-corrected chi connectivity index (χ3v) is 6.33. The van der Waals surface area contributed by atoms with Crippen LogP contribution in [0.15, 0.2) is 77.4 Å². The quantitative estimate of drug-likeness (QED) is 0.284. The molecule has 0 saturated heterocycles. The molecule has 2 aromatic heterocycles. The van der Waals surface area contributed by atoms with Crippen LogP contribution in [0.4, 0.5) is 0 Å². The van der Waals surface area contributed by atoms with Crippen molar-refractivity contribution in [1.29, 1.82) is 0 Å². The summed E-state index contributed by atoms with van der Waals surface area (Å²) in [6.45, 7) is 2.97. The summed E-state index contributed by atoms with van der Waals surface area (Å²) in [5.41, 5.74) is 13.0. The highest BCUT2D eigenvalue weighted by Crippen LogP contribution is 2.32. The third kappa shape index (κ3) is 4.27. The predicted molar refractivity (Wildman–Crippen MR) is 137 cm³/mol. The summed E-state index contributed by atoms with van der Waals surface area (Å²) in [6, 6.07) is 21.9. The number of pyridine rings is 1. The van der Waals surface area contributed by atoms with E-state index in [0.717, 1.165) is 54.2 Å². The molecule has 6 heteroatoms. The van der Waals surface area contributed by atoms with Crippen LogP contribution in [-0.2, 0) is 13.1 Å². The number of aromatic amines is 1. The summed E-state index contributed by atoms with van der Waals surface area (Å²) in [4.78, 5) is 21.5. The molecule has 0 fully saturated rings. The van der Waals surface area contributed by atoms with Crippen molar-refractivity contribution in [1.82, 2.24) is 15.3 Å². The van der Waals surface area contributed by atoms with Gasteiger partial charge < -0.3 is 16.0 Å². The fraction of sp³-hybridized carbons (Fsp3) is 0.111. The summed E-state index contributed by atoms with van der Waals surface area (Å²) in [5.74, 6) is -0.128. The molecule has 2 heterocycles. The molecule has 1 amide bonds. The highest BCUT2D eigenvalue weighted by Gasteiger charge is 2.16. The van der Waals surface area contributed by atoms with Gasteiger partial charge in [-0.25, -0.2) is 4.98 Å². The van der Waals surface area contributed by atoms with Crippen molar-refractivity contribution in [2.75, 3.05) is 0 Å². The molecule has 5 rings (SSSR count). The molecule has 0 aliphatic heterocycles. The summed E-state index contributed by atoms with van der Waals surface area (Å²) in [5, 5.41) is 4.95. The van der Waals surface area contributed by atoms with Crippen molar-refractivity contribution in [3.8, 4) is 11.3 Å². The number of halogens is 1. The van der Waals surface area contributed by atoms with Gasteiger partial charge in [0, 0.05) is 45.6 Å². The molecule has 33 heavy (non-hydrogen) atoms. The number of nitrogens with two attached hydrogens (primary N) is 1. The fourth-order valence-corrected chi connectivity index (χ4v) is 4.40. The van der Waals surface area contributed by atoms with Gasteiger partial charge in [0.15, 0.2) is 0 Å². The summed E-state index contributed by atoms with van der Waals surface area (Å²) >= 11 is 3.56. The van der Waals surface area contributed by atoms with Crippen LogP contribution in [0.2, 0.25) is 0 Å². The Hall–Kier alpha value is -3.48. The van der Waals surface area contributed by atoms with Crippen LogP contribution >= 0.6 is 15.9 Å². The van der Waals surface area contributed by atoms with Crippen molar-refractivity contribution >= 4 is 43.6 Å². The minimum Gasteiger partial charge on any atom is -0.360 e. The van der Waals surface area contributed by atoms with Crippen LogP contribution < -0.4 is 11.1 Å². The number of aryl methyl sites for hydroxylation is 1. The van der Waals surface area contributed by atoms with Gasteiger partial charge in [0.2, 0.25) is 0 Å². The molecule has 0 saturated carbocycles. The van der Waals surface area contributed by atoms with E-state index in [1.54, 1.807) is 0 Å². The zero-order chi connectivity index (χ0) is 22.9. The van der Waals surface area contributed by atoms with E-state index in [1.165, 1.54) is 0 Å². The number of carbonyl (C=O) groups is 1. The van der Waals surface area contributed by atoms with Gasteiger partial charge in [-0.3, -0.25) is 4.79 Å². The number of rotatable bonds is 5. The highest BCUT2D eigenvalue weighted by molar-refractivity contribution is 9.10. The Bertz CT molecular complexity index is 1490. The lowest BCUT2D eigenvalue weighted by Crippen LogP contribution is -2.23. The maximum atomic E-state index is 13.3. The molecular weight excluding hydrogens is 476 g/mol. The molecule has 0 aliphatic rings. The van der Waals surface area contributed by atoms with Crippen molar-refractivity contribution < 1.29 is 4.79 Å². The normalized spacial score (nSPS) is 11.2. The Kier molecular flexibility index (Phi) is 5.70. The summed E-state index contributed by atoms with van der Waals surface area (Å²) in [6.07, 6.45) is 1.95. The molecule has 3 aromatic carbocycles. The number of nitrogens with one attached hydrogen (secondary N) is 2. The largest absolute Gasteiger partial charge is 0.360 e. The molecule has 164 valence electrons. The topological polar surface area (TPSA) is 83.8 Å². The predicted octanol–water partition coefficient (Wildman–Crippen LogP) is 5.84. The highest BCUT2D eigenvalue weighted by atomic mass is 79.9. The molecule has 0 atom stereocenters. The average molecular weight is 499 g/mol. The molecule has 0 aliphatic carbocycles. The average Bonchev–Trinajstić information content (AvgIpc) is 3.25. The first-order chi connectivity index (χ1) is 16.0. The number of H-pyrrole nitrogens is 1. The Morgan fingerprint density at radius 3 is 2.58 bits per heavy atom. The van der Waals surface area contributed by atoms with E-state index in [4.69, 9.17) is 10.7 Å². The van der Waals surface area contributed by atoms with Gasteiger partial charge in [0.1, 0.15) is 0 Å². The Balaban J connectivity index is 1.55. The lowest BCUT2D eigenvalue weighted by Gasteiger charge is -2.11. The first-order valence-corrected chi connectivity index (χ1v) is 11.6. The van der Waals surface area contributed by atoms with Gasteiger partial charge >= 0.3 is 0 Å². The number of hydrogen-bond acceptors (Lipinski definition) is 3. The SMILES string of the molecule is Cc1ccc2c(C(=O)NCc3ccc(CN)cc3)cc(-c3c[nH]c4ccc(Br)cc34)nc2c1. The van der Waals surface area contributed by atoms with Crippen LogP contribution in [0.25, 0.3) is 33.1 Å². The minimum absolute atomic E-state index is 0.128. The smallest absolute Gasteiger partial charge is 0.252 e. The molecule has 4 N–H and O–H groups in total. The van der Waals surface area contributed by atoms with Gasteiger partial charge in [0.25, 0.3) is 5.91 Å². The molecule has 5 aromatic rings. The summed E-state index contributed by atoms with van der Waals surface area (Å²) < 4.78 is 0.992. The second kappa shape index (κ2) is 8.81. The minimum atomic E-state index is -0.128. The Morgan fingerprint density at radius 2 is 1.79 bits per heavy atom. The zero-order valence-electron chi connectivity index (χ0n) is 18.2. The number of aromatic nitrogens is 2. The van der Waals surface area contributed by atoms with E-state index < -0.39 is 0 Å². The monoisotopic (exact) mass is 498 g/mol. The van der Waals surface area contributed by atoms with E-state index in [2.05, 4.69) is 32.3 Å². The number of benzene rings is 3. The number of hydrogen-bond donors (Lipinski definition) is 3. The molecule has 0 bridgehead atoms. The third-order valence-electron chi connectivity index (χ3n) is 5.84. The second-order valence-corrected chi connectivity index (χ2v) is 9.09. The maximum absolute atomic E-state index is 13.3. The maximum Gasteiger partial charge on any atom is 0.252 e. The lowest BCUT2D eigenvalue weighted by atomic mass is 10.0. The number of nitrogens with zero attached hydrogens (tertiary/aromatic N) is 1. The lowest BCUT2D eigenvalue weighted by molar-refractivity contribution is 0.0952. The van der Waals surface area contributed by atoms with E-state index in [-0.39, 0.29) is 5.91 Å². The van der Waals surface area contributed by atoms with Gasteiger partial charge in [-0.1, -0.05) is 52.3 Å². The molecule has 0 spiro atoms. The summed E-state index contributed by atoms with van der Waals surface area (Å²) in [7, 11) is 0. The van der Waals surface area contributed by atoms with Gasteiger partial charge in [-0.15, -0.1) is 0 Å². The van der Waals surface area contributed by atoms with Crippen LogP contribution in [0, 0.1) is 6.92 Å². The van der Waals surface area contributed by atoms with Crippen molar-refractivity contribution in [2.45, 2.75) is 20.0 Å². The van der Waals surface area contributed by atoms with E-state index >= 15 is 0 Å². The first kappa shape index (κ1) is 21.4. The van der Waals surface area contributed by atoms with E-state index in [1.807, 2.05) is 73.8 Å². The molecule has 0 unspecified atom stereocenters. The fourth-order valence-electron chi connectivity index (χ4n) is 4.04. The molecule has 5 nitrogen and oxygen atoms in total. The van der Waals surface area contributed by atoms with Crippen LogP contribution in [0.5, 0.6) is 0 Å².